The van der Waals surface area contributed by atoms with Crippen molar-refractivity contribution in [3.63, 3.8) is 0 Å². The van der Waals surface area contributed by atoms with Crippen LogP contribution in [0, 0.1) is 6.92 Å². The van der Waals surface area contributed by atoms with Gasteiger partial charge in [0.2, 0.25) is 10.0 Å². The van der Waals surface area contributed by atoms with Crippen molar-refractivity contribution >= 4 is 21.6 Å². The number of sulfonamides is 1. The molecule has 5 nitrogen and oxygen atoms in total. The number of carbonyl (C=O) groups is 1. The molecule has 0 spiro atoms. The monoisotopic (exact) mass is 436 g/mol. The first kappa shape index (κ1) is 22.7. The van der Waals surface area contributed by atoms with Crippen LogP contribution in [-0.4, -0.2) is 25.2 Å². The van der Waals surface area contributed by atoms with Gasteiger partial charge >= 0.3 is 0 Å². The quantitative estimate of drug-likeness (QED) is 0.539. The Morgan fingerprint density at radius 2 is 1.58 bits per heavy atom. The Balaban J connectivity index is 1.75. The standard InChI is InChI=1S/C25H28N2O3S/c1-4-21-11-9-10-19(3)24(21)26-25(28)22-16-14-20(15-17-22)18-27(5-2)31(29,30)23-12-7-6-8-13-23/h6-17H,4-5,18H2,1-3H3,(H,26,28). The van der Waals surface area contributed by atoms with E-state index in [1.54, 1.807) is 54.6 Å². The highest BCUT2D eigenvalue weighted by Crippen LogP contribution is 2.22. The van der Waals surface area contributed by atoms with Crippen LogP contribution in [0.1, 0.15) is 40.9 Å². The van der Waals surface area contributed by atoms with Gasteiger partial charge in [0, 0.05) is 24.3 Å². The second-order valence-corrected chi connectivity index (χ2v) is 9.30. The van der Waals surface area contributed by atoms with Crippen LogP contribution in [0.3, 0.4) is 0 Å². The highest BCUT2D eigenvalue weighted by atomic mass is 32.2. The van der Waals surface area contributed by atoms with E-state index in [2.05, 4.69) is 12.2 Å². The maximum absolute atomic E-state index is 12.9. The SMILES string of the molecule is CCc1cccc(C)c1NC(=O)c1ccc(CN(CC)S(=O)(=O)c2ccccc2)cc1. The molecule has 3 aromatic carbocycles. The van der Waals surface area contributed by atoms with Crippen LogP contribution < -0.4 is 5.32 Å². The number of nitrogens with zero attached hydrogens (tertiary/aromatic N) is 1. The molecule has 0 bridgehead atoms. The zero-order valence-electron chi connectivity index (χ0n) is 18.1. The minimum atomic E-state index is -3.57. The molecule has 3 rings (SSSR count). The normalized spacial score (nSPS) is 11.5. The van der Waals surface area contributed by atoms with Crippen LogP contribution in [0.4, 0.5) is 5.69 Å². The zero-order valence-corrected chi connectivity index (χ0v) is 18.9. The van der Waals surface area contributed by atoms with Crippen molar-refractivity contribution in [2.75, 3.05) is 11.9 Å². The second-order valence-electron chi connectivity index (χ2n) is 7.36. The van der Waals surface area contributed by atoms with Gasteiger partial charge in [-0.15, -0.1) is 0 Å². The molecule has 0 aliphatic carbocycles. The Morgan fingerprint density at radius 1 is 0.903 bits per heavy atom. The summed E-state index contributed by atoms with van der Waals surface area (Å²) in [6.07, 6.45) is 0.832. The van der Waals surface area contributed by atoms with E-state index in [4.69, 9.17) is 0 Å². The summed E-state index contributed by atoms with van der Waals surface area (Å²) in [5, 5.41) is 3.02. The fraction of sp³-hybridized carbons (Fsp3) is 0.240. The van der Waals surface area contributed by atoms with Crippen molar-refractivity contribution in [1.29, 1.82) is 0 Å². The summed E-state index contributed by atoms with van der Waals surface area (Å²) < 4.78 is 27.2. The lowest BCUT2D eigenvalue weighted by atomic mass is 10.0. The molecule has 31 heavy (non-hydrogen) atoms. The maximum atomic E-state index is 12.9. The number of aryl methyl sites for hydroxylation is 2. The fourth-order valence-corrected chi connectivity index (χ4v) is 4.92. The Labute approximate surface area is 184 Å². The van der Waals surface area contributed by atoms with Crippen molar-refractivity contribution in [2.45, 2.75) is 38.6 Å². The minimum absolute atomic E-state index is 0.181. The molecule has 162 valence electrons. The molecule has 3 aromatic rings. The van der Waals surface area contributed by atoms with Crippen LogP contribution in [0.2, 0.25) is 0 Å². The summed E-state index contributed by atoms with van der Waals surface area (Å²) in [7, 11) is -3.57. The van der Waals surface area contributed by atoms with Gasteiger partial charge in [0.15, 0.2) is 0 Å². The molecule has 0 radical (unpaired) electrons. The number of nitrogens with one attached hydrogen (secondary N) is 1. The molecule has 1 N–H and O–H groups in total. The molecule has 0 saturated carbocycles. The number of carbonyl (C=O) groups excluding carboxylic acids is 1. The summed E-state index contributed by atoms with van der Waals surface area (Å²) in [5.41, 5.74) is 4.32. The van der Waals surface area contributed by atoms with Crippen LogP contribution in [0.15, 0.2) is 77.7 Å². The van der Waals surface area contributed by atoms with E-state index in [1.807, 2.05) is 32.0 Å². The van der Waals surface area contributed by atoms with Gasteiger partial charge in [-0.05, 0) is 54.3 Å². The lowest BCUT2D eigenvalue weighted by Gasteiger charge is -2.20. The van der Waals surface area contributed by atoms with Crippen molar-refractivity contribution in [3.05, 3.63) is 95.1 Å². The third-order valence-electron chi connectivity index (χ3n) is 5.29. The number of para-hydroxylation sites is 1. The highest BCUT2D eigenvalue weighted by Gasteiger charge is 2.23. The van der Waals surface area contributed by atoms with Gasteiger partial charge in [-0.25, -0.2) is 8.42 Å². The van der Waals surface area contributed by atoms with Gasteiger partial charge in [0.1, 0.15) is 0 Å². The molecule has 0 aromatic heterocycles. The number of rotatable bonds is 8. The average Bonchev–Trinajstić information content (AvgIpc) is 2.79. The van der Waals surface area contributed by atoms with Crippen LogP contribution in [0.25, 0.3) is 0 Å². The Bertz CT molecular complexity index is 1140. The van der Waals surface area contributed by atoms with Gasteiger partial charge in [-0.3, -0.25) is 4.79 Å². The summed E-state index contributed by atoms with van der Waals surface area (Å²) in [5.74, 6) is -0.181. The predicted octanol–water partition coefficient (Wildman–Crippen LogP) is 5.02. The molecular weight excluding hydrogens is 408 g/mol. The summed E-state index contributed by atoms with van der Waals surface area (Å²) in [6, 6.07) is 21.5. The molecule has 6 heteroatoms. The molecule has 0 fully saturated rings. The van der Waals surface area contributed by atoms with E-state index >= 15 is 0 Å². The van der Waals surface area contributed by atoms with E-state index in [-0.39, 0.29) is 17.3 Å². The first-order valence-corrected chi connectivity index (χ1v) is 11.8. The molecule has 0 heterocycles. The van der Waals surface area contributed by atoms with Crippen LogP contribution >= 0.6 is 0 Å². The number of hydrogen-bond acceptors (Lipinski definition) is 3. The molecule has 1 amide bonds. The fourth-order valence-electron chi connectivity index (χ4n) is 3.46. The Kier molecular flexibility index (Phi) is 7.25. The van der Waals surface area contributed by atoms with E-state index in [0.717, 1.165) is 28.8 Å². The van der Waals surface area contributed by atoms with E-state index in [9.17, 15) is 13.2 Å². The smallest absolute Gasteiger partial charge is 0.255 e. The third-order valence-corrected chi connectivity index (χ3v) is 7.22. The number of anilines is 1. The summed E-state index contributed by atoms with van der Waals surface area (Å²) in [6.45, 7) is 6.45. The topological polar surface area (TPSA) is 66.5 Å². The van der Waals surface area contributed by atoms with Crippen molar-refractivity contribution in [3.8, 4) is 0 Å². The van der Waals surface area contributed by atoms with E-state index < -0.39 is 10.0 Å². The van der Waals surface area contributed by atoms with Crippen molar-refractivity contribution in [1.82, 2.24) is 4.31 Å². The molecule has 0 aliphatic rings. The Morgan fingerprint density at radius 3 is 2.19 bits per heavy atom. The molecule has 0 unspecified atom stereocenters. The summed E-state index contributed by atoms with van der Waals surface area (Å²) in [4.78, 5) is 13.0. The first-order chi connectivity index (χ1) is 14.9. The second kappa shape index (κ2) is 9.90. The molecule has 0 aliphatic heterocycles. The van der Waals surface area contributed by atoms with Gasteiger partial charge < -0.3 is 5.32 Å². The number of amides is 1. The average molecular weight is 437 g/mol. The van der Waals surface area contributed by atoms with Gasteiger partial charge in [0.25, 0.3) is 5.91 Å². The Hall–Kier alpha value is -2.96. The van der Waals surface area contributed by atoms with Gasteiger partial charge in [-0.2, -0.15) is 4.31 Å². The largest absolute Gasteiger partial charge is 0.321 e. The van der Waals surface area contributed by atoms with E-state index in [1.165, 1.54) is 4.31 Å². The van der Waals surface area contributed by atoms with Gasteiger partial charge in [-0.1, -0.05) is 62.4 Å². The molecular formula is C25H28N2O3S. The van der Waals surface area contributed by atoms with Crippen molar-refractivity contribution in [2.24, 2.45) is 0 Å². The van der Waals surface area contributed by atoms with Gasteiger partial charge in [0.05, 0.1) is 4.90 Å². The lowest BCUT2D eigenvalue weighted by molar-refractivity contribution is 0.102. The molecule has 0 atom stereocenters. The van der Waals surface area contributed by atoms with Crippen molar-refractivity contribution < 1.29 is 13.2 Å². The highest BCUT2D eigenvalue weighted by molar-refractivity contribution is 7.89. The number of hydrogen-bond donors (Lipinski definition) is 1. The summed E-state index contributed by atoms with van der Waals surface area (Å²) >= 11 is 0. The maximum Gasteiger partial charge on any atom is 0.255 e. The third kappa shape index (κ3) is 5.21. The van der Waals surface area contributed by atoms with Crippen LogP contribution in [-0.2, 0) is 23.0 Å². The lowest BCUT2D eigenvalue weighted by Crippen LogP contribution is -2.30. The van der Waals surface area contributed by atoms with E-state index in [0.29, 0.717) is 12.1 Å². The zero-order chi connectivity index (χ0) is 22.4. The first-order valence-electron chi connectivity index (χ1n) is 10.4. The predicted molar refractivity (Wildman–Crippen MR) is 125 cm³/mol. The molecule has 0 saturated heterocycles. The minimum Gasteiger partial charge on any atom is -0.321 e. The van der Waals surface area contributed by atoms with Crippen LogP contribution in [0.5, 0.6) is 0 Å². The number of benzene rings is 3.